The zero-order valence-electron chi connectivity index (χ0n) is 11.8. The van der Waals surface area contributed by atoms with E-state index in [-0.39, 0.29) is 6.10 Å². The molecule has 0 aromatic rings. The Morgan fingerprint density at radius 2 is 2.24 bits per heavy atom. The Bertz CT molecular complexity index is 268. The summed E-state index contributed by atoms with van der Waals surface area (Å²) in [4.78, 5) is 2.52. The van der Waals surface area contributed by atoms with Crippen molar-refractivity contribution >= 4 is 0 Å². The highest BCUT2D eigenvalue weighted by Crippen LogP contribution is 2.14. The van der Waals surface area contributed by atoms with Gasteiger partial charge in [0.2, 0.25) is 0 Å². The number of hydrogen-bond acceptors (Lipinski definition) is 2. The molecule has 0 amide bonds. The molecular formula is C15H27NO. The van der Waals surface area contributed by atoms with Crippen LogP contribution < -0.4 is 0 Å². The maximum atomic E-state index is 5.30. The topological polar surface area (TPSA) is 12.5 Å². The van der Waals surface area contributed by atoms with Crippen molar-refractivity contribution in [1.82, 2.24) is 4.90 Å². The Kier molecular flexibility index (Phi) is 6.53. The molecule has 0 aromatic heterocycles. The second-order valence-corrected chi connectivity index (χ2v) is 5.20. The molecule has 1 unspecified atom stereocenters. The van der Waals surface area contributed by atoms with E-state index in [0.717, 1.165) is 25.4 Å². The fourth-order valence-corrected chi connectivity index (χ4v) is 1.99. The van der Waals surface area contributed by atoms with Gasteiger partial charge in [0.15, 0.2) is 0 Å². The summed E-state index contributed by atoms with van der Waals surface area (Å²) in [7, 11) is 1.77. The lowest BCUT2D eigenvalue weighted by molar-refractivity contribution is 0.142. The van der Waals surface area contributed by atoms with Crippen molar-refractivity contribution in [3.05, 3.63) is 23.8 Å². The van der Waals surface area contributed by atoms with Crippen LogP contribution in [-0.2, 0) is 4.74 Å². The lowest BCUT2D eigenvalue weighted by Gasteiger charge is -2.23. The Hall–Kier alpha value is -0.600. The molecule has 1 aliphatic carbocycles. The molecule has 1 rings (SSSR count). The zero-order chi connectivity index (χ0) is 12.7. The smallest absolute Gasteiger partial charge is 0.0789 e. The number of rotatable bonds is 7. The fourth-order valence-electron chi connectivity index (χ4n) is 1.99. The SMILES string of the molecule is CCN(CCC(C)C)CC1=CCC(OC)C=C1. The van der Waals surface area contributed by atoms with Crippen molar-refractivity contribution < 1.29 is 4.74 Å². The summed E-state index contributed by atoms with van der Waals surface area (Å²) in [6, 6.07) is 0. The normalized spacial score (nSPS) is 20.1. The average Bonchev–Trinajstić information content (AvgIpc) is 2.35. The van der Waals surface area contributed by atoms with Gasteiger partial charge in [0.05, 0.1) is 6.10 Å². The minimum Gasteiger partial charge on any atom is -0.377 e. The molecule has 0 saturated carbocycles. The Morgan fingerprint density at radius 1 is 1.47 bits per heavy atom. The quantitative estimate of drug-likeness (QED) is 0.674. The van der Waals surface area contributed by atoms with E-state index in [2.05, 4.69) is 43.9 Å². The third-order valence-electron chi connectivity index (χ3n) is 3.32. The van der Waals surface area contributed by atoms with Gasteiger partial charge in [0, 0.05) is 13.7 Å². The first-order valence-electron chi connectivity index (χ1n) is 6.78. The van der Waals surface area contributed by atoms with Crippen LogP contribution in [0.5, 0.6) is 0 Å². The summed E-state index contributed by atoms with van der Waals surface area (Å²) >= 11 is 0. The number of ether oxygens (including phenoxy) is 1. The van der Waals surface area contributed by atoms with Gasteiger partial charge >= 0.3 is 0 Å². The van der Waals surface area contributed by atoms with Gasteiger partial charge in [-0.3, -0.25) is 4.90 Å². The zero-order valence-corrected chi connectivity index (χ0v) is 11.8. The van der Waals surface area contributed by atoms with Crippen LogP contribution in [0.25, 0.3) is 0 Å². The van der Waals surface area contributed by atoms with Crippen LogP contribution in [0.3, 0.4) is 0 Å². The van der Waals surface area contributed by atoms with Crippen molar-refractivity contribution in [2.45, 2.75) is 39.7 Å². The maximum absolute atomic E-state index is 5.30. The van der Waals surface area contributed by atoms with Gasteiger partial charge in [0.25, 0.3) is 0 Å². The predicted molar refractivity (Wildman–Crippen MR) is 74.2 cm³/mol. The van der Waals surface area contributed by atoms with Gasteiger partial charge in [-0.05, 0) is 37.4 Å². The van der Waals surface area contributed by atoms with Gasteiger partial charge in [0.1, 0.15) is 0 Å². The van der Waals surface area contributed by atoms with E-state index < -0.39 is 0 Å². The van der Waals surface area contributed by atoms with Gasteiger partial charge in [-0.15, -0.1) is 0 Å². The minimum atomic E-state index is 0.282. The second-order valence-electron chi connectivity index (χ2n) is 5.20. The molecule has 0 heterocycles. The lowest BCUT2D eigenvalue weighted by Crippen LogP contribution is -2.28. The summed E-state index contributed by atoms with van der Waals surface area (Å²) in [6.45, 7) is 10.2. The molecule has 0 spiro atoms. The highest BCUT2D eigenvalue weighted by Gasteiger charge is 2.10. The number of likely N-dealkylation sites (N-methyl/N-ethyl adjacent to an activating group) is 1. The Morgan fingerprint density at radius 3 is 2.71 bits per heavy atom. The van der Waals surface area contributed by atoms with Gasteiger partial charge in [-0.1, -0.05) is 39.0 Å². The summed E-state index contributed by atoms with van der Waals surface area (Å²) < 4.78 is 5.30. The first kappa shape index (κ1) is 14.5. The van der Waals surface area contributed by atoms with E-state index in [9.17, 15) is 0 Å². The molecule has 0 saturated heterocycles. The lowest BCUT2D eigenvalue weighted by atomic mass is 10.0. The molecule has 0 aliphatic heterocycles. The third-order valence-corrected chi connectivity index (χ3v) is 3.32. The molecule has 98 valence electrons. The van der Waals surface area contributed by atoms with Crippen LogP contribution in [0.4, 0.5) is 0 Å². The molecule has 0 N–H and O–H groups in total. The van der Waals surface area contributed by atoms with Gasteiger partial charge < -0.3 is 4.74 Å². The van der Waals surface area contributed by atoms with Crippen LogP contribution in [0.1, 0.15) is 33.6 Å². The highest BCUT2D eigenvalue weighted by atomic mass is 16.5. The van der Waals surface area contributed by atoms with Crippen molar-refractivity contribution in [2.24, 2.45) is 5.92 Å². The molecule has 0 bridgehead atoms. The minimum absolute atomic E-state index is 0.282. The fraction of sp³-hybridized carbons (Fsp3) is 0.733. The van der Waals surface area contributed by atoms with E-state index in [4.69, 9.17) is 4.74 Å². The van der Waals surface area contributed by atoms with Crippen molar-refractivity contribution in [3.8, 4) is 0 Å². The first-order valence-corrected chi connectivity index (χ1v) is 6.78. The highest BCUT2D eigenvalue weighted by molar-refractivity contribution is 5.25. The van der Waals surface area contributed by atoms with Crippen molar-refractivity contribution in [2.75, 3.05) is 26.7 Å². The summed E-state index contributed by atoms with van der Waals surface area (Å²) in [5, 5.41) is 0. The number of hydrogen-bond donors (Lipinski definition) is 0. The average molecular weight is 237 g/mol. The third kappa shape index (κ3) is 5.51. The first-order chi connectivity index (χ1) is 8.15. The Balaban J connectivity index is 2.36. The predicted octanol–water partition coefficient (Wildman–Crippen LogP) is 3.26. The summed E-state index contributed by atoms with van der Waals surface area (Å²) in [5.41, 5.74) is 1.43. The van der Waals surface area contributed by atoms with E-state index in [0.29, 0.717) is 0 Å². The molecule has 1 aliphatic rings. The molecule has 2 nitrogen and oxygen atoms in total. The maximum Gasteiger partial charge on any atom is 0.0789 e. The van der Waals surface area contributed by atoms with Gasteiger partial charge in [-0.2, -0.15) is 0 Å². The molecule has 2 heteroatoms. The van der Waals surface area contributed by atoms with E-state index >= 15 is 0 Å². The summed E-state index contributed by atoms with van der Waals surface area (Å²) in [6.07, 6.45) is 9.29. The molecule has 0 aromatic carbocycles. The molecule has 1 atom stereocenters. The van der Waals surface area contributed by atoms with Crippen molar-refractivity contribution in [1.29, 1.82) is 0 Å². The van der Waals surface area contributed by atoms with Crippen molar-refractivity contribution in [3.63, 3.8) is 0 Å². The molecule has 0 fully saturated rings. The van der Waals surface area contributed by atoms with E-state index in [1.54, 1.807) is 7.11 Å². The second kappa shape index (κ2) is 7.67. The molecule has 0 radical (unpaired) electrons. The van der Waals surface area contributed by atoms with Crippen LogP contribution in [0.15, 0.2) is 23.8 Å². The monoisotopic (exact) mass is 237 g/mol. The number of nitrogens with zero attached hydrogens (tertiary/aromatic N) is 1. The standard InChI is InChI=1S/C15H27NO/c1-5-16(11-10-13(2)3)12-14-6-8-15(17-4)9-7-14/h6-8,13,15H,5,9-12H2,1-4H3. The van der Waals surface area contributed by atoms with Crippen LogP contribution in [-0.4, -0.2) is 37.7 Å². The van der Waals surface area contributed by atoms with E-state index in [1.807, 2.05) is 0 Å². The van der Waals surface area contributed by atoms with Crippen LogP contribution in [0.2, 0.25) is 0 Å². The summed E-state index contributed by atoms with van der Waals surface area (Å²) in [5.74, 6) is 0.790. The van der Waals surface area contributed by atoms with Gasteiger partial charge in [-0.25, -0.2) is 0 Å². The van der Waals surface area contributed by atoms with Crippen LogP contribution >= 0.6 is 0 Å². The van der Waals surface area contributed by atoms with E-state index in [1.165, 1.54) is 18.5 Å². The molecular weight excluding hydrogens is 210 g/mol. The largest absolute Gasteiger partial charge is 0.377 e. The number of methoxy groups -OCH3 is 1. The Labute approximate surface area is 106 Å². The molecule has 17 heavy (non-hydrogen) atoms. The van der Waals surface area contributed by atoms with Crippen LogP contribution in [0, 0.1) is 5.92 Å².